The first kappa shape index (κ1) is 14.9. The molecule has 116 valence electrons. The van der Waals surface area contributed by atoms with E-state index in [0.29, 0.717) is 16.9 Å². The number of benzene rings is 1. The minimum Gasteiger partial charge on any atom is -0.305 e. The molecule has 7 nitrogen and oxygen atoms in total. The van der Waals surface area contributed by atoms with Crippen LogP contribution >= 0.6 is 11.3 Å². The molecular weight excluding hydrogens is 316 g/mol. The van der Waals surface area contributed by atoms with E-state index in [4.69, 9.17) is 0 Å². The number of hydrogen-bond acceptors (Lipinski definition) is 5. The van der Waals surface area contributed by atoms with Crippen LogP contribution in [-0.2, 0) is 0 Å². The highest BCUT2D eigenvalue weighted by Gasteiger charge is 2.15. The zero-order chi connectivity index (χ0) is 16.4. The first-order valence-corrected chi connectivity index (χ1v) is 7.58. The first-order valence-electron chi connectivity index (χ1n) is 6.70. The van der Waals surface area contributed by atoms with E-state index in [2.05, 4.69) is 15.5 Å². The van der Waals surface area contributed by atoms with Gasteiger partial charge in [-0.05, 0) is 30.5 Å². The van der Waals surface area contributed by atoms with E-state index in [1.807, 2.05) is 17.5 Å². The molecule has 1 aromatic carbocycles. The van der Waals surface area contributed by atoms with E-state index in [1.165, 1.54) is 18.2 Å². The van der Waals surface area contributed by atoms with Gasteiger partial charge in [-0.15, -0.1) is 11.3 Å². The van der Waals surface area contributed by atoms with Gasteiger partial charge in [0.1, 0.15) is 0 Å². The molecule has 0 aliphatic rings. The fourth-order valence-electron chi connectivity index (χ4n) is 2.13. The second kappa shape index (κ2) is 6.01. The van der Waals surface area contributed by atoms with Gasteiger partial charge in [0.2, 0.25) is 0 Å². The standard InChI is InChI=1S/C15H12N4O3S/c1-9-7-10(4-5-12(9)19(21)22)15(20)16-14-8-11(17-18-14)13-3-2-6-23-13/h2-8H,1H3,(H2,16,17,18,20). The summed E-state index contributed by atoms with van der Waals surface area (Å²) in [6, 6.07) is 9.85. The Bertz CT molecular complexity index is 871. The zero-order valence-electron chi connectivity index (χ0n) is 12.1. The molecule has 2 aromatic heterocycles. The number of hydrogen-bond donors (Lipinski definition) is 2. The number of thiophene rings is 1. The highest BCUT2D eigenvalue weighted by Crippen LogP contribution is 2.25. The Morgan fingerprint density at radius 1 is 1.35 bits per heavy atom. The highest BCUT2D eigenvalue weighted by molar-refractivity contribution is 7.13. The summed E-state index contributed by atoms with van der Waals surface area (Å²) < 4.78 is 0. The lowest BCUT2D eigenvalue weighted by atomic mass is 10.1. The second-order valence-corrected chi connectivity index (χ2v) is 5.80. The van der Waals surface area contributed by atoms with E-state index in [0.717, 1.165) is 10.6 Å². The largest absolute Gasteiger partial charge is 0.305 e. The van der Waals surface area contributed by atoms with Crippen LogP contribution in [0.4, 0.5) is 11.5 Å². The number of aromatic nitrogens is 2. The Morgan fingerprint density at radius 2 is 2.17 bits per heavy atom. The van der Waals surface area contributed by atoms with Crippen molar-refractivity contribution in [2.24, 2.45) is 0 Å². The van der Waals surface area contributed by atoms with Crippen LogP contribution < -0.4 is 5.32 Å². The lowest BCUT2D eigenvalue weighted by Crippen LogP contribution is -2.12. The topological polar surface area (TPSA) is 101 Å². The quantitative estimate of drug-likeness (QED) is 0.564. The van der Waals surface area contributed by atoms with Gasteiger partial charge in [-0.25, -0.2) is 0 Å². The van der Waals surface area contributed by atoms with Crippen molar-refractivity contribution in [3.05, 3.63) is 63.0 Å². The van der Waals surface area contributed by atoms with Crippen molar-refractivity contribution < 1.29 is 9.72 Å². The molecule has 23 heavy (non-hydrogen) atoms. The maximum atomic E-state index is 12.2. The van der Waals surface area contributed by atoms with Crippen molar-refractivity contribution in [2.45, 2.75) is 6.92 Å². The third-order valence-electron chi connectivity index (χ3n) is 3.26. The normalized spacial score (nSPS) is 10.5. The van der Waals surface area contributed by atoms with Crippen LogP contribution in [0.1, 0.15) is 15.9 Å². The van der Waals surface area contributed by atoms with Gasteiger partial charge < -0.3 is 5.32 Å². The Balaban J connectivity index is 1.77. The summed E-state index contributed by atoms with van der Waals surface area (Å²) in [7, 11) is 0. The SMILES string of the molecule is Cc1cc(C(=O)Nc2cc(-c3cccs3)[nH]n2)ccc1[N+](=O)[O-]. The Labute approximate surface area is 135 Å². The third-order valence-corrected chi connectivity index (χ3v) is 4.16. The van der Waals surface area contributed by atoms with Crippen LogP contribution in [0.25, 0.3) is 10.6 Å². The fraction of sp³-hybridized carbons (Fsp3) is 0.0667. The molecule has 0 aliphatic heterocycles. The van der Waals surface area contributed by atoms with Gasteiger partial charge in [0.05, 0.1) is 15.5 Å². The van der Waals surface area contributed by atoms with Crippen molar-refractivity contribution in [3.63, 3.8) is 0 Å². The molecule has 1 amide bonds. The number of carbonyl (C=O) groups excluding carboxylic acids is 1. The summed E-state index contributed by atoms with van der Waals surface area (Å²) in [4.78, 5) is 23.6. The average Bonchev–Trinajstić information content (AvgIpc) is 3.17. The van der Waals surface area contributed by atoms with Gasteiger partial charge in [0, 0.05) is 23.3 Å². The number of nitro groups is 1. The number of carbonyl (C=O) groups is 1. The summed E-state index contributed by atoms with van der Waals surface area (Å²) in [6.45, 7) is 1.60. The predicted octanol–water partition coefficient (Wildman–Crippen LogP) is 3.61. The van der Waals surface area contributed by atoms with Crippen molar-refractivity contribution in [1.29, 1.82) is 0 Å². The van der Waals surface area contributed by atoms with Crippen molar-refractivity contribution >= 4 is 28.7 Å². The number of aromatic amines is 1. The van der Waals surface area contributed by atoms with E-state index in [-0.39, 0.29) is 11.6 Å². The zero-order valence-corrected chi connectivity index (χ0v) is 12.9. The first-order chi connectivity index (χ1) is 11.0. The lowest BCUT2D eigenvalue weighted by molar-refractivity contribution is -0.385. The van der Waals surface area contributed by atoms with Crippen LogP contribution in [-0.4, -0.2) is 21.0 Å². The number of nitro benzene ring substituents is 1. The Kier molecular flexibility index (Phi) is 3.90. The number of nitrogens with one attached hydrogen (secondary N) is 2. The Hall–Kier alpha value is -3.00. The van der Waals surface area contributed by atoms with Gasteiger partial charge in [-0.2, -0.15) is 5.10 Å². The maximum Gasteiger partial charge on any atom is 0.272 e. The van der Waals surface area contributed by atoms with Crippen molar-refractivity contribution in [3.8, 4) is 10.6 Å². The van der Waals surface area contributed by atoms with Gasteiger partial charge >= 0.3 is 0 Å². The van der Waals surface area contributed by atoms with E-state index in [9.17, 15) is 14.9 Å². The summed E-state index contributed by atoms with van der Waals surface area (Å²) in [6.07, 6.45) is 0. The van der Waals surface area contributed by atoms with Crippen molar-refractivity contribution in [1.82, 2.24) is 10.2 Å². The molecule has 0 spiro atoms. The average molecular weight is 328 g/mol. The van der Waals surface area contributed by atoms with Gasteiger partial charge in [-0.1, -0.05) is 6.07 Å². The van der Waals surface area contributed by atoms with Crippen molar-refractivity contribution in [2.75, 3.05) is 5.32 Å². The van der Waals surface area contributed by atoms with Crippen LogP contribution in [0, 0.1) is 17.0 Å². The second-order valence-electron chi connectivity index (χ2n) is 4.86. The van der Waals surface area contributed by atoms with E-state index >= 15 is 0 Å². The van der Waals surface area contributed by atoms with Gasteiger partial charge in [-0.3, -0.25) is 20.0 Å². The van der Waals surface area contributed by atoms with Crippen LogP contribution in [0.15, 0.2) is 41.8 Å². The predicted molar refractivity (Wildman–Crippen MR) is 87.7 cm³/mol. The molecular formula is C15H12N4O3S. The van der Waals surface area contributed by atoms with Gasteiger partial charge in [0.15, 0.2) is 5.82 Å². The smallest absolute Gasteiger partial charge is 0.272 e. The molecule has 0 bridgehead atoms. The molecule has 2 heterocycles. The fourth-order valence-corrected chi connectivity index (χ4v) is 2.83. The summed E-state index contributed by atoms with van der Waals surface area (Å²) in [5, 5.41) is 22.3. The van der Waals surface area contributed by atoms with Crippen LogP contribution in [0.5, 0.6) is 0 Å². The Morgan fingerprint density at radius 3 is 2.83 bits per heavy atom. The monoisotopic (exact) mass is 328 g/mol. The molecule has 3 rings (SSSR count). The number of rotatable bonds is 4. The van der Waals surface area contributed by atoms with E-state index in [1.54, 1.807) is 24.3 Å². The molecule has 0 radical (unpaired) electrons. The maximum absolute atomic E-state index is 12.2. The number of H-pyrrole nitrogens is 1. The lowest BCUT2D eigenvalue weighted by Gasteiger charge is -2.03. The molecule has 0 saturated carbocycles. The number of amides is 1. The third kappa shape index (κ3) is 3.11. The molecule has 0 unspecified atom stereocenters. The minimum absolute atomic E-state index is 0.0127. The number of aryl methyl sites for hydroxylation is 1. The summed E-state index contributed by atoms with van der Waals surface area (Å²) in [5.74, 6) is 0.0293. The minimum atomic E-state index is -0.474. The number of anilines is 1. The molecule has 8 heteroatoms. The molecule has 0 aliphatic carbocycles. The van der Waals surface area contributed by atoms with Crippen LogP contribution in [0.2, 0.25) is 0 Å². The van der Waals surface area contributed by atoms with Crippen LogP contribution in [0.3, 0.4) is 0 Å². The molecule has 0 atom stereocenters. The summed E-state index contributed by atoms with van der Waals surface area (Å²) >= 11 is 1.56. The van der Waals surface area contributed by atoms with E-state index < -0.39 is 4.92 Å². The highest BCUT2D eigenvalue weighted by atomic mass is 32.1. The summed E-state index contributed by atoms with van der Waals surface area (Å²) in [5.41, 5.74) is 1.58. The van der Waals surface area contributed by atoms with Gasteiger partial charge in [0.25, 0.3) is 11.6 Å². The molecule has 2 N–H and O–H groups in total. The molecule has 0 saturated heterocycles. The molecule has 0 fully saturated rings. The molecule has 3 aromatic rings. The number of nitrogens with zero attached hydrogens (tertiary/aromatic N) is 2.